The molecule has 1 heterocycles. The molecule has 1 aromatic heterocycles. The number of amides is 3. The number of hydrogen-bond acceptors (Lipinski definition) is 6. The van der Waals surface area contributed by atoms with E-state index in [0.29, 0.717) is 24.0 Å². The zero-order chi connectivity index (χ0) is 32.4. The maximum Gasteiger partial charge on any atom is 0.253 e. The van der Waals surface area contributed by atoms with Crippen molar-refractivity contribution in [3.63, 3.8) is 0 Å². The predicted molar refractivity (Wildman–Crippen MR) is 176 cm³/mol. The van der Waals surface area contributed by atoms with Gasteiger partial charge in [-0.25, -0.2) is 0 Å². The highest BCUT2D eigenvalue weighted by atomic mass is 16.3. The molecule has 3 aromatic rings. The van der Waals surface area contributed by atoms with Gasteiger partial charge in [-0.2, -0.15) is 0 Å². The Labute approximate surface area is 266 Å². The molecule has 9 heteroatoms. The van der Waals surface area contributed by atoms with Crippen molar-refractivity contribution in [3.05, 3.63) is 102 Å². The van der Waals surface area contributed by atoms with Crippen LogP contribution in [-0.2, 0) is 11.2 Å². The molecule has 5 atom stereocenters. The molecule has 1 unspecified atom stereocenters. The number of nitrogens with zero attached hydrogens (tertiary/aromatic N) is 1. The summed E-state index contributed by atoms with van der Waals surface area (Å²) in [4.78, 5) is 43.8. The van der Waals surface area contributed by atoms with Crippen LogP contribution >= 0.6 is 0 Å². The van der Waals surface area contributed by atoms with E-state index < -0.39 is 42.1 Å². The number of benzene rings is 2. The van der Waals surface area contributed by atoms with Gasteiger partial charge in [0.2, 0.25) is 5.91 Å². The van der Waals surface area contributed by atoms with Gasteiger partial charge in [-0.05, 0) is 49.1 Å². The average Bonchev–Trinajstić information content (AvgIpc) is 3.08. The first-order valence-corrected chi connectivity index (χ1v) is 16.1. The van der Waals surface area contributed by atoms with Gasteiger partial charge in [0, 0.05) is 18.0 Å². The fraction of sp³-hybridized carbons (Fsp3) is 0.444. The van der Waals surface area contributed by atoms with Crippen molar-refractivity contribution in [1.82, 2.24) is 20.9 Å². The lowest BCUT2D eigenvalue weighted by molar-refractivity contribution is -0.125. The van der Waals surface area contributed by atoms with E-state index in [1.807, 2.05) is 43.3 Å². The summed E-state index contributed by atoms with van der Waals surface area (Å²) in [7, 11) is 0. The molecule has 0 radical (unpaired) electrons. The number of aliphatic hydroxyl groups excluding tert-OH is 2. The molecule has 0 aliphatic rings. The van der Waals surface area contributed by atoms with Crippen LogP contribution in [0.4, 0.5) is 0 Å². The van der Waals surface area contributed by atoms with E-state index >= 15 is 0 Å². The molecule has 242 valence electrons. The summed E-state index contributed by atoms with van der Waals surface area (Å²) in [6.45, 7) is 4.11. The van der Waals surface area contributed by atoms with Crippen molar-refractivity contribution >= 4 is 17.7 Å². The standard InChI is InChI=1S/C36H48N4O5/c1-3-5-7-14-22-30(39-35(44)28-20-15-23-37-25-28)36(45)40-31(24-26-16-10-8-11-17-26)33(42)32(41)29(21-6-4-2)38-34(43)27-18-12-9-13-19-27/h8-13,15-20,23,25,29-33,41-42H,3-7,14,21-22,24H2,1-2H3,(H,38,43)(H,39,44)(H,40,45)/t29-,30?,31-,32-,33-/m1/s1. The van der Waals surface area contributed by atoms with Gasteiger partial charge in [-0.3, -0.25) is 19.4 Å². The second kappa shape index (κ2) is 19.3. The van der Waals surface area contributed by atoms with Gasteiger partial charge in [0.15, 0.2) is 0 Å². The molecule has 0 aliphatic heterocycles. The molecule has 45 heavy (non-hydrogen) atoms. The zero-order valence-corrected chi connectivity index (χ0v) is 26.4. The summed E-state index contributed by atoms with van der Waals surface area (Å²) in [5.74, 6) is -1.21. The van der Waals surface area contributed by atoms with Crippen LogP contribution in [0.1, 0.15) is 91.5 Å². The first-order valence-electron chi connectivity index (χ1n) is 16.1. The Morgan fingerprint density at radius 1 is 0.667 bits per heavy atom. The zero-order valence-electron chi connectivity index (χ0n) is 26.4. The van der Waals surface area contributed by atoms with Crippen molar-refractivity contribution in [1.29, 1.82) is 0 Å². The average molecular weight is 617 g/mol. The summed E-state index contributed by atoms with van der Waals surface area (Å²) in [5.41, 5.74) is 1.64. The van der Waals surface area contributed by atoms with E-state index in [4.69, 9.17) is 0 Å². The summed E-state index contributed by atoms with van der Waals surface area (Å²) >= 11 is 0. The van der Waals surface area contributed by atoms with Gasteiger partial charge >= 0.3 is 0 Å². The minimum absolute atomic E-state index is 0.233. The molecule has 0 saturated heterocycles. The van der Waals surface area contributed by atoms with Gasteiger partial charge in [0.1, 0.15) is 18.2 Å². The van der Waals surface area contributed by atoms with Gasteiger partial charge in [-0.1, -0.05) is 101 Å². The third-order valence-electron chi connectivity index (χ3n) is 7.91. The maximum atomic E-state index is 13.8. The van der Waals surface area contributed by atoms with Crippen molar-refractivity contribution in [2.45, 2.75) is 102 Å². The molecule has 0 spiro atoms. The number of pyridine rings is 1. The lowest BCUT2D eigenvalue weighted by Crippen LogP contribution is -2.59. The van der Waals surface area contributed by atoms with E-state index in [1.54, 1.807) is 42.6 Å². The molecule has 3 amide bonds. The summed E-state index contributed by atoms with van der Waals surface area (Å²) in [6.07, 6.45) is 6.58. The lowest BCUT2D eigenvalue weighted by Gasteiger charge is -2.34. The Kier molecular flexibility index (Phi) is 15.2. The van der Waals surface area contributed by atoms with Crippen LogP contribution in [0.2, 0.25) is 0 Å². The monoisotopic (exact) mass is 616 g/mol. The number of carbonyl (C=O) groups is 3. The normalized spacial score (nSPS) is 14.4. The maximum absolute atomic E-state index is 13.8. The first-order chi connectivity index (χ1) is 21.8. The van der Waals surface area contributed by atoms with E-state index in [-0.39, 0.29) is 12.3 Å². The largest absolute Gasteiger partial charge is 0.388 e. The van der Waals surface area contributed by atoms with Crippen LogP contribution in [0, 0.1) is 0 Å². The van der Waals surface area contributed by atoms with Crippen molar-refractivity contribution in [2.24, 2.45) is 0 Å². The number of hydrogen-bond donors (Lipinski definition) is 5. The van der Waals surface area contributed by atoms with E-state index in [1.165, 1.54) is 6.20 Å². The molecule has 0 aliphatic carbocycles. The fourth-order valence-corrected chi connectivity index (χ4v) is 5.26. The van der Waals surface area contributed by atoms with E-state index in [0.717, 1.165) is 44.1 Å². The molecule has 9 nitrogen and oxygen atoms in total. The molecule has 2 aromatic carbocycles. The van der Waals surface area contributed by atoms with Crippen LogP contribution in [0.3, 0.4) is 0 Å². The van der Waals surface area contributed by atoms with Gasteiger partial charge in [0.25, 0.3) is 11.8 Å². The molecule has 0 saturated carbocycles. The van der Waals surface area contributed by atoms with E-state index in [2.05, 4.69) is 27.9 Å². The second-order valence-corrected chi connectivity index (χ2v) is 11.5. The predicted octanol–water partition coefficient (Wildman–Crippen LogP) is 4.59. The highest BCUT2D eigenvalue weighted by Crippen LogP contribution is 2.17. The van der Waals surface area contributed by atoms with E-state index in [9.17, 15) is 24.6 Å². The Bertz CT molecular complexity index is 1290. The Balaban J connectivity index is 1.83. The molecular weight excluding hydrogens is 568 g/mol. The third-order valence-corrected chi connectivity index (χ3v) is 7.91. The SMILES string of the molecule is CCCCCCC(NC(=O)c1cccnc1)C(=O)N[C@H](Cc1ccccc1)[C@@H](O)[C@H](O)[C@@H](CCCC)NC(=O)c1ccccc1. The Hall–Kier alpha value is -4.08. The van der Waals surface area contributed by atoms with Gasteiger partial charge in [0.05, 0.1) is 17.6 Å². The van der Waals surface area contributed by atoms with Crippen LogP contribution in [0.15, 0.2) is 85.2 Å². The molecule has 0 fully saturated rings. The summed E-state index contributed by atoms with van der Waals surface area (Å²) in [5, 5.41) is 31.8. The highest BCUT2D eigenvalue weighted by molar-refractivity contribution is 5.97. The highest BCUT2D eigenvalue weighted by Gasteiger charge is 2.35. The number of unbranched alkanes of at least 4 members (excludes halogenated alkanes) is 4. The minimum Gasteiger partial charge on any atom is -0.388 e. The van der Waals surface area contributed by atoms with Crippen LogP contribution < -0.4 is 16.0 Å². The van der Waals surface area contributed by atoms with Crippen molar-refractivity contribution in [2.75, 3.05) is 0 Å². The fourth-order valence-electron chi connectivity index (χ4n) is 5.26. The van der Waals surface area contributed by atoms with Crippen LogP contribution in [0.5, 0.6) is 0 Å². The second-order valence-electron chi connectivity index (χ2n) is 11.5. The number of aromatic nitrogens is 1. The first kappa shape index (κ1) is 35.4. The molecule has 5 N–H and O–H groups in total. The Morgan fingerprint density at radius 3 is 1.93 bits per heavy atom. The number of rotatable bonds is 19. The Morgan fingerprint density at radius 2 is 1.29 bits per heavy atom. The minimum atomic E-state index is -1.41. The third kappa shape index (κ3) is 11.7. The lowest BCUT2D eigenvalue weighted by atomic mass is 9.91. The quantitative estimate of drug-likeness (QED) is 0.125. The summed E-state index contributed by atoms with van der Waals surface area (Å²) in [6, 6.07) is 18.9. The van der Waals surface area contributed by atoms with Crippen LogP contribution in [-0.4, -0.2) is 63.3 Å². The van der Waals surface area contributed by atoms with Crippen molar-refractivity contribution in [3.8, 4) is 0 Å². The smallest absolute Gasteiger partial charge is 0.253 e. The molecule has 3 rings (SSSR count). The van der Waals surface area contributed by atoms with Gasteiger partial charge in [-0.15, -0.1) is 0 Å². The van der Waals surface area contributed by atoms with Crippen molar-refractivity contribution < 1.29 is 24.6 Å². The van der Waals surface area contributed by atoms with Crippen LogP contribution in [0.25, 0.3) is 0 Å². The number of carbonyl (C=O) groups excluding carboxylic acids is 3. The number of nitrogens with one attached hydrogen (secondary N) is 3. The molecule has 0 bridgehead atoms. The van der Waals surface area contributed by atoms with Gasteiger partial charge < -0.3 is 26.2 Å². The number of aliphatic hydroxyl groups is 2. The topological polar surface area (TPSA) is 141 Å². The summed E-state index contributed by atoms with van der Waals surface area (Å²) < 4.78 is 0. The molecular formula is C36H48N4O5.